The van der Waals surface area contributed by atoms with E-state index in [-0.39, 0.29) is 0 Å². The zero-order valence-electron chi connectivity index (χ0n) is 11.5. The van der Waals surface area contributed by atoms with Crippen LogP contribution in [0.15, 0.2) is 24.4 Å². The van der Waals surface area contributed by atoms with E-state index < -0.39 is 0 Å². The lowest BCUT2D eigenvalue weighted by atomic mass is 9.90. The molecule has 104 valence electrons. The molecule has 4 heteroatoms. The van der Waals surface area contributed by atoms with Crippen molar-refractivity contribution in [2.75, 3.05) is 31.1 Å². The van der Waals surface area contributed by atoms with Gasteiger partial charge in [-0.15, -0.1) is 0 Å². The van der Waals surface area contributed by atoms with E-state index >= 15 is 0 Å². The number of hydrogen-bond donors (Lipinski definition) is 1. The van der Waals surface area contributed by atoms with Crippen molar-refractivity contribution in [1.29, 1.82) is 0 Å². The average molecular weight is 260 g/mol. The van der Waals surface area contributed by atoms with Gasteiger partial charge in [-0.25, -0.2) is 4.98 Å². The van der Waals surface area contributed by atoms with Crippen molar-refractivity contribution in [1.82, 2.24) is 9.88 Å². The maximum Gasteiger partial charge on any atom is 0.128 e. The van der Waals surface area contributed by atoms with Gasteiger partial charge in [0.05, 0.1) is 0 Å². The minimum atomic E-state index is 0.424. The minimum absolute atomic E-state index is 0.424. The molecule has 0 aromatic carbocycles. The first-order valence-electron chi connectivity index (χ1n) is 7.48. The SMILES string of the molecule is NC1CCCC(N2CCN(c3ccccn3)CC2)C1. The Kier molecular flexibility index (Phi) is 3.99. The van der Waals surface area contributed by atoms with E-state index in [1.165, 1.54) is 25.7 Å². The number of nitrogens with two attached hydrogens (primary N) is 1. The Morgan fingerprint density at radius 3 is 2.63 bits per heavy atom. The average Bonchev–Trinajstić information content (AvgIpc) is 2.48. The van der Waals surface area contributed by atoms with Crippen LogP contribution < -0.4 is 10.6 Å². The highest BCUT2D eigenvalue weighted by atomic mass is 15.3. The lowest BCUT2D eigenvalue weighted by molar-refractivity contribution is 0.139. The Hall–Kier alpha value is -1.13. The standard InChI is InChI=1S/C15H24N4/c16-13-4-3-5-14(12-13)18-8-10-19(11-9-18)15-6-1-2-7-17-15/h1-2,6-7,13-14H,3-5,8-12,16H2. The molecule has 19 heavy (non-hydrogen) atoms. The highest BCUT2D eigenvalue weighted by Crippen LogP contribution is 2.23. The first kappa shape index (κ1) is 12.9. The fraction of sp³-hybridized carbons (Fsp3) is 0.667. The van der Waals surface area contributed by atoms with E-state index in [0.717, 1.165) is 38.0 Å². The summed E-state index contributed by atoms with van der Waals surface area (Å²) in [5.74, 6) is 1.11. The molecule has 2 heterocycles. The van der Waals surface area contributed by atoms with Crippen LogP contribution in [0.25, 0.3) is 0 Å². The Bertz CT molecular complexity index is 386. The van der Waals surface area contributed by atoms with Crippen LogP contribution in [0.5, 0.6) is 0 Å². The molecular formula is C15H24N4. The van der Waals surface area contributed by atoms with Gasteiger partial charge < -0.3 is 10.6 Å². The number of aromatic nitrogens is 1. The summed E-state index contributed by atoms with van der Waals surface area (Å²) >= 11 is 0. The summed E-state index contributed by atoms with van der Waals surface area (Å²) in [4.78, 5) is 9.46. The third kappa shape index (κ3) is 3.07. The number of pyridine rings is 1. The maximum atomic E-state index is 6.10. The monoisotopic (exact) mass is 260 g/mol. The van der Waals surface area contributed by atoms with Crippen molar-refractivity contribution in [3.8, 4) is 0 Å². The Morgan fingerprint density at radius 2 is 1.95 bits per heavy atom. The molecule has 0 radical (unpaired) electrons. The van der Waals surface area contributed by atoms with Crippen LogP contribution in [0.2, 0.25) is 0 Å². The van der Waals surface area contributed by atoms with E-state index in [2.05, 4.69) is 26.9 Å². The molecular weight excluding hydrogens is 236 g/mol. The topological polar surface area (TPSA) is 45.4 Å². The van der Waals surface area contributed by atoms with E-state index in [0.29, 0.717) is 6.04 Å². The van der Waals surface area contributed by atoms with E-state index in [1.807, 2.05) is 12.3 Å². The highest BCUT2D eigenvalue weighted by Gasteiger charge is 2.27. The van der Waals surface area contributed by atoms with Gasteiger partial charge in [0.15, 0.2) is 0 Å². The van der Waals surface area contributed by atoms with Crippen LogP contribution in [0, 0.1) is 0 Å². The zero-order chi connectivity index (χ0) is 13.1. The predicted molar refractivity (Wildman–Crippen MR) is 78.3 cm³/mol. The van der Waals surface area contributed by atoms with Gasteiger partial charge >= 0.3 is 0 Å². The molecule has 2 N–H and O–H groups in total. The highest BCUT2D eigenvalue weighted by molar-refractivity contribution is 5.38. The molecule has 1 aromatic rings. The lowest BCUT2D eigenvalue weighted by Crippen LogP contribution is -2.52. The Balaban J connectivity index is 1.54. The second-order valence-electron chi connectivity index (χ2n) is 5.79. The van der Waals surface area contributed by atoms with Gasteiger partial charge in [0, 0.05) is 44.5 Å². The summed E-state index contributed by atoms with van der Waals surface area (Å²) in [7, 11) is 0. The van der Waals surface area contributed by atoms with Crippen LogP contribution in [-0.2, 0) is 0 Å². The molecule has 2 unspecified atom stereocenters. The summed E-state index contributed by atoms with van der Waals surface area (Å²) < 4.78 is 0. The van der Waals surface area contributed by atoms with Crippen LogP contribution in [0.1, 0.15) is 25.7 Å². The quantitative estimate of drug-likeness (QED) is 0.875. The van der Waals surface area contributed by atoms with Gasteiger partial charge in [0.2, 0.25) is 0 Å². The second-order valence-corrected chi connectivity index (χ2v) is 5.79. The van der Waals surface area contributed by atoms with Crippen LogP contribution in [0.3, 0.4) is 0 Å². The molecule has 1 saturated carbocycles. The normalized spacial score (nSPS) is 29.4. The lowest BCUT2D eigenvalue weighted by Gasteiger charge is -2.42. The second kappa shape index (κ2) is 5.88. The molecule has 0 spiro atoms. The van der Waals surface area contributed by atoms with Gasteiger partial charge in [-0.3, -0.25) is 4.90 Å². The Morgan fingerprint density at radius 1 is 1.11 bits per heavy atom. The Labute approximate surface area is 115 Å². The van der Waals surface area contributed by atoms with Crippen molar-refractivity contribution in [2.24, 2.45) is 5.73 Å². The number of hydrogen-bond acceptors (Lipinski definition) is 4. The van der Waals surface area contributed by atoms with Gasteiger partial charge in [0.1, 0.15) is 5.82 Å². The summed E-state index contributed by atoms with van der Waals surface area (Å²) in [5, 5.41) is 0. The fourth-order valence-electron chi connectivity index (χ4n) is 3.39. The predicted octanol–water partition coefficient (Wildman–Crippen LogP) is 1.47. The van der Waals surface area contributed by atoms with Gasteiger partial charge in [-0.2, -0.15) is 0 Å². The molecule has 2 aliphatic rings. The van der Waals surface area contributed by atoms with Crippen molar-refractivity contribution in [2.45, 2.75) is 37.8 Å². The summed E-state index contributed by atoms with van der Waals surface area (Å²) in [6.45, 7) is 4.47. The summed E-state index contributed by atoms with van der Waals surface area (Å²) in [6.07, 6.45) is 6.90. The molecule has 1 aliphatic carbocycles. The van der Waals surface area contributed by atoms with Crippen molar-refractivity contribution in [3.05, 3.63) is 24.4 Å². The fourth-order valence-corrected chi connectivity index (χ4v) is 3.39. The molecule has 3 rings (SSSR count). The van der Waals surface area contributed by atoms with Crippen LogP contribution in [-0.4, -0.2) is 48.1 Å². The van der Waals surface area contributed by atoms with E-state index in [9.17, 15) is 0 Å². The summed E-state index contributed by atoms with van der Waals surface area (Å²) in [5.41, 5.74) is 6.10. The van der Waals surface area contributed by atoms with Gasteiger partial charge in [0.25, 0.3) is 0 Å². The summed E-state index contributed by atoms with van der Waals surface area (Å²) in [6, 6.07) is 7.28. The van der Waals surface area contributed by atoms with Crippen LogP contribution >= 0.6 is 0 Å². The van der Waals surface area contributed by atoms with E-state index in [4.69, 9.17) is 5.73 Å². The van der Waals surface area contributed by atoms with E-state index in [1.54, 1.807) is 0 Å². The number of piperazine rings is 1. The molecule has 2 fully saturated rings. The van der Waals surface area contributed by atoms with Gasteiger partial charge in [-0.05, 0) is 31.4 Å². The van der Waals surface area contributed by atoms with Crippen LogP contribution in [0.4, 0.5) is 5.82 Å². The zero-order valence-corrected chi connectivity index (χ0v) is 11.5. The van der Waals surface area contributed by atoms with Crippen molar-refractivity contribution >= 4 is 5.82 Å². The molecule has 1 aromatic heterocycles. The molecule has 0 bridgehead atoms. The largest absolute Gasteiger partial charge is 0.354 e. The van der Waals surface area contributed by atoms with Gasteiger partial charge in [-0.1, -0.05) is 12.5 Å². The first-order chi connectivity index (χ1) is 9.33. The van der Waals surface area contributed by atoms with Crippen molar-refractivity contribution in [3.63, 3.8) is 0 Å². The minimum Gasteiger partial charge on any atom is -0.354 e. The molecule has 0 amide bonds. The molecule has 1 saturated heterocycles. The third-order valence-electron chi connectivity index (χ3n) is 4.49. The molecule has 4 nitrogen and oxygen atoms in total. The maximum absolute atomic E-state index is 6.10. The van der Waals surface area contributed by atoms with Crippen molar-refractivity contribution < 1.29 is 0 Å². The molecule has 1 aliphatic heterocycles. The molecule has 2 atom stereocenters. The number of anilines is 1. The number of nitrogens with zero attached hydrogens (tertiary/aromatic N) is 3. The third-order valence-corrected chi connectivity index (χ3v) is 4.49. The smallest absolute Gasteiger partial charge is 0.128 e. The number of rotatable bonds is 2. The first-order valence-corrected chi connectivity index (χ1v) is 7.48.